The van der Waals surface area contributed by atoms with Crippen molar-refractivity contribution in [2.45, 2.75) is 38.5 Å². The number of aliphatic carboxylic acids is 1. The number of rotatable bonds is 8. The first kappa shape index (κ1) is 16.1. The fourth-order valence-electron chi connectivity index (χ4n) is 1.61. The van der Waals surface area contributed by atoms with Crippen LogP contribution in [-0.4, -0.2) is 49.5 Å². The molecule has 0 aliphatic rings. The lowest BCUT2D eigenvalue weighted by Crippen LogP contribution is -2.45. The predicted molar refractivity (Wildman–Crippen MR) is 68.5 cm³/mol. The van der Waals surface area contributed by atoms with Crippen molar-refractivity contribution < 1.29 is 24.9 Å². The lowest BCUT2D eigenvalue weighted by molar-refractivity contribution is -0.141. The molecule has 8 heteroatoms. The van der Waals surface area contributed by atoms with E-state index in [-0.39, 0.29) is 19.3 Å². The number of carbonyl (C=O) groups is 2. The number of nitrogens with one attached hydrogen (secondary N) is 2. The molecule has 0 spiro atoms. The Hall–Kier alpha value is -1.93. The Morgan fingerprint density at radius 3 is 2.65 bits per heavy atom. The third-order valence-electron chi connectivity index (χ3n) is 2.93. The van der Waals surface area contributed by atoms with Gasteiger partial charge in [-0.1, -0.05) is 6.92 Å². The maximum absolute atomic E-state index is 11.7. The van der Waals surface area contributed by atoms with Crippen LogP contribution in [0, 0.1) is 5.92 Å². The van der Waals surface area contributed by atoms with Crippen LogP contribution in [0.25, 0.3) is 0 Å². The lowest BCUT2D eigenvalue weighted by atomic mass is 10.1. The normalized spacial score (nSPS) is 14.0. The number of aliphatic hydroxyl groups is 2. The number of aromatic amines is 1. The molecule has 2 atom stereocenters. The van der Waals surface area contributed by atoms with Gasteiger partial charge >= 0.3 is 5.97 Å². The Balaban J connectivity index is 2.45. The summed E-state index contributed by atoms with van der Waals surface area (Å²) in [5.41, 5.74) is 0.655. The summed E-state index contributed by atoms with van der Waals surface area (Å²) in [6, 6.07) is -0.872. The maximum Gasteiger partial charge on any atom is 0.306 e. The molecule has 2 unspecified atom stereocenters. The predicted octanol–water partition coefficient (Wildman–Crippen LogP) is -0.751. The molecular weight excluding hydrogens is 266 g/mol. The van der Waals surface area contributed by atoms with Gasteiger partial charge in [0.1, 0.15) is 0 Å². The summed E-state index contributed by atoms with van der Waals surface area (Å²) in [5, 5.41) is 29.7. The van der Waals surface area contributed by atoms with Crippen LogP contribution in [0.2, 0.25) is 0 Å². The SMILES string of the molecule is CC(CCC(=O)NC(Cc1cnc[nH]1)C(O)O)C(=O)O. The second kappa shape index (κ2) is 7.61. The monoisotopic (exact) mass is 285 g/mol. The van der Waals surface area contributed by atoms with Gasteiger partial charge in [0.25, 0.3) is 0 Å². The zero-order chi connectivity index (χ0) is 15.1. The summed E-state index contributed by atoms with van der Waals surface area (Å²) < 4.78 is 0. The molecule has 1 heterocycles. The number of carboxylic acid groups (broad SMARTS) is 1. The van der Waals surface area contributed by atoms with Crippen molar-refractivity contribution in [3.05, 3.63) is 18.2 Å². The van der Waals surface area contributed by atoms with E-state index in [0.29, 0.717) is 5.69 Å². The molecule has 1 aromatic rings. The zero-order valence-electron chi connectivity index (χ0n) is 11.1. The van der Waals surface area contributed by atoms with Crippen molar-refractivity contribution in [3.8, 4) is 0 Å². The molecule has 0 saturated heterocycles. The quantitative estimate of drug-likeness (QED) is 0.399. The van der Waals surface area contributed by atoms with Crippen LogP contribution in [0.3, 0.4) is 0 Å². The summed E-state index contributed by atoms with van der Waals surface area (Å²) in [4.78, 5) is 28.9. The first-order valence-corrected chi connectivity index (χ1v) is 6.25. The number of aliphatic hydroxyl groups excluding tert-OH is 1. The minimum atomic E-state index is -1.71. The molecule has 1 aromatic heterocycles. The summed E-state index contributed by atoms with van der Waals surface area (Å²) in [6.07, 6.45) is 1.66. The maximum atomic E-state index is 11.7. The number of carboxylic acids is 1. The van der Waals surface area contributed by atoms with Gasteiger partial charge in [0.2, 0.25) is 5.91 Å². The number of imidazole rings is 1. The van der Waals surface area contributed by atoms with Gasteiger partial charge in [-0.3, -0.25) is 9.59 Å². The van der Waals surface area contributed by atoms with E-state index in [9.17, 15) is 19.8 Å². The van der Waals surface area contributed by atoms with Crippen LogP contribution >= 0.6 is 0 Å². The van der Waals surface area contributed by atoms with Crippen molar-refractivity contribution in [2.75, 3.05) is 0 Å². The average Bonchev–Trinajstić information content (AvgIpc) is 2.87. The fourth-order valence-corrected chi connectivity index (χ4v) is 1.61. The summed E-state index contributed by atoms with van der Waals surface area (Å²) in [6.45, 7) is 1.51. The Morgan fingerprint density at radius 2 is 2.15 bits per heavy atom. The fraction of sp³-hybridized carbons (Fsp3) is 0.583. The van der Waals surface area contributed by atoms with Crippen molar-refractivity contribution in [1.29, 1.82) is 0 Å². The van der Waals surface area contributed by atoms with Gasteiger partial charge in [-0.25, -0.2) is 4.98 Å². The van der Waals surface area contributed by atoms with E-state index in [2.05, 4.69) is 15.3 Å². The molecule has 0 aromatic carbocycles. The second-order valence-corrected chi connectivity index (χ2v) is 4.65. The van der Waals surface area contributed by atoms with Crippen LogP contribution in [0.4, 0.5) is 0 Å². The zero-order valence-corrected chi connectivity index (χ0v) is 11.1. The van der Waals surface area contributed by atoms with Crippen LogP contribution in [0.15, 0.2) is 12.5 Å². The number of aromatic nitrogens is 2. The molecule has 1 rings (SSSR count). The third kappa shape index (κ3) is 5.37. The molecule has 20 heavy (non-hydrogen) atoms. The highest BCUT2D eigenvalue weighted by Gasteiger charge is 2.21. The van der Waals surface area contributed by atoms with Crippen molar-refractivity contribution in [2.24, 2.45) is 5.92 Å². The van der Waals surface area contributed by atoms with E-state index >= 15 is 0 Å². The van der Waals surface area contributed by atoms with E-state index in [1.54, 1.807) is 0 Å². The first-order chi connectivity index (χ1) is 9.40. The molecule has 0 radical (unpaired) electrons. The summed E-state index contributed by atoms with van der Waals surface area (Å²) in [5.74, 6) is -2.00. The number of H-pyrrole nitrogens is 1. The summed E-state index contributed by atoms with van der Waals surface area (Å²) in [7, 11) is 0. The van der Waals surface area contributed by atoms with E-state index in [4.69, 9.17) is 5.11 Å². The first-order valence-electron chi connectivity index (χ1n) is 6.25. The average molecular weight is 285 g/mol. The van der Waals surface area contributed by atoms with Gasteiger partial charge in [-0.15, -0.1) is 0 Å². The molecule has 5 N–H and O–H groups in total. The van der Waals surface area contributed by atoms with Crippen LogP contribution < -0.4 is 5.32 Å². The molecule has 0 fully saturated rings. The highest BCUT2D eigenvalue weighted by molar-refractivity contribution is 5.77. The van der Waals surface area contributed by atoms with Gasteiger partial charge in [-0.2, -0.15) is 0 Å². The van der Waals surface area contributed by atoms with Crippen LogP contribution in [0.5, 0.6) is 0 Å². The van der Waals surface area contributed by atoms with Gasteiger partial charge in [0, 0.05) is 24.7 Å². The third-order valence-corrected chi connectivity index (χ3v) is 2.93. The molecule has 0 bridgehead atoms. The number of hydrogen-bond donors (Lipinski definition) is 5. The molecule has 8 nitrogen and oxygen atoms in total. The molecule has 0 aliphatic carbocycles. The minimum absolute atomic E-state index is 0.0136. The largest absolute Gasteiger partial charge is 0.481 e. The molecule has 112 valence electrons. The van der Waals surface area contributed by atoms with Gasteiger partial charge in [-0.05, 0) is 6.42 Å². The lowest BCUT2D eigenvalue weighted by Gasteiger charge is -2.20. The van der Waals surface area contributed by atoms with Crippen LogP contribution in [-0.2, 0) is 16.0 Å². The number of carbonyl (C=O) groups excluding carboxylic acids is 1. The van der Waals surface area contributed by atoms with Gasteiger partial charge in [0.15, 0.2) is 6.29 Å². The van der Waals surface area contributed by atoms with Gasteiger partial charge in [0.05, 0.1) is 18.3 Å². The Bertz CT molecular complexity index is 432. The van der Waals surface area contributed by atoms with E-state index in [0.717, 1.165) is 0 Å². The Labute approximate surface area is 115 Å². The highest BCUT2D eigenvalue weighted by Crippen LogP contribution is 2.07. The van der Waals surface area contributed by atoms with Crippen molar-refractivity contribution >= 4 is 11.9 Å². The van der Waals surface area contributed by atoms with E-state index in [1.165, 1.54) is 19.4 Å². The standard InChI is InChI=1S/C12H19N3O5/c1-7(11(17)18)2-3-10(16)15-9(12(19)20)4-8-5-13-6-14-8/h5-7,9,12,19-20H,2-4H2,1H3,(H,13,14)(H,15,16)(H,17,18). The molecular formula is C12H19N3O5. The number of nitrogens with zero attached hydrogens (tertiary/aromatic N) is 1. The van der Waals surface area contributed by atoms with Gasteiger partial charge < -0.3 is 25.6 Å². The van der Waals surface area contributed by atoms with Crippen molar-refractivity contribution in [3.63, 3.8) is 0 Å². The second-order valence-electron chi connectivity index (χ2n) is 4.65. The smallest absolute Gasteiger partial charge is 0.306 e. The van der Waals surface area contributed by atoms with E-state index < -0.39 is 30.1 Å². The summed E-state index contributed by atoms with van der Waals surface area (Å²) >= 11 is 0. The number of amides is 1. The minimum Gasteiger partial charge on any atom is -0.481 e. The number of hydrogen-bond acceptors (Lipinski definition) is 5. The molecule has 0 saturated carbocycles. The topological polar surface area (TPSA) is 136 Å². The highest BCUT2D eigenvalue weighted by atomic mass is 16.5. The van der Waals surface area contributed by atoms with Crippen LogP contribution in [0.1, 0.15) is 25.5 Å². The molecule has 0 aliphatic heterocycles. The van der Waals surface area contributed by atoms with Crippen molar-refractivity contribution in [1.82, 2.24) is 15.3 Å². The Kier molecular flexibility index (Phi) is 6.13. The Morgan fingerprint density at radius 1 is 1.45 bits per heavy atom. The van der Waals surface area contributed by atoms with E-state index in [1.807, 2.05) is 0 Å². The molecule has 1 amide bonds.